The minimum Gasteiger partial charge on any atom is -0.343 e. The monoisotopic (exact) mass is 171 g/mol. The highest BCUT2D eigenvalue weighted by atomic mass is 35.5. The summed E-state index contributed by atoms with van der Waals surface area (Å²) in [5, 5.41) is 4.36. The Bertz CT molecular complexity index is 398. The van der Waals surface area contributed by atoms with Gasteiger partial charge in [-0.25, -0.2) is 4.39 Å². The first-order valence-electron chi connectivity index (χ1n) is 2.98. The van der Waals surface area contributed by atoms with Crippen LogP contribution in [0.5, 0.6) is 0 Å². The highest BCUT2D eigenvalue weighted by Crippen LogP contribution is 2.22. The maximum Gasteiger partial charge on any atom is 0.233 e. The van der Waals surface area contributed by atoms with Crippen molar-refractivity contribution in [3.8, 4) is 0 Å². The number of benzene rings is 1. The van der Waals surface area contributed by atoms with Crippen LogP contribution in [-0.4, -0.2) is 5.16 Å². The molecule has 0 atom stereocenters. The number of hydrogen-bond acceptors (Lipinski definition) is 2. The third-order valence-corrected chi connectivity index (χ3v) is 1.67. The van der Waals surface area contributed by atoms with Crippen LogP contribution in [0.25, 0.3) is 10.9 Å². The fourth-order valence-corrected chi connectivity index (χ4v) is 1.08. The first-order valence-corrected chi connectivity index (χ1v) is 3.35. The van der Waals surface area contributed by atoms with E-state index in [1.807, 2.05) is 0 Å². The van der Waals surface area contributed by atoms with E-state index in [-0.39, 0.29) is 11.0 Å². The van der Waals surface area contributed by atoms with Crippen molar-refractivity contribution in [1.29, 1.82) is 0 Å². The number of halogens is 2. The van der Waals surface area contributed by atoms with E-state index in [2.05, 4.69) is 9.68 Å². The summed E-state index contributed by atoms with van der Waals surface area (Å²) in [6.45, 7) is 0. The Balaban J connectivity index is 2.86. The predicted molar refractivity (Wildman–Crippen MR) is 39.0 cm³/mol. The Hall–Kier alpha value is -1.09. The van der Waals surface area contributed by atoms with Gasteiger partial charge in [0, 0.05) is 6.07 Å². The lowest BCUT2D eigenvalue weighted by atomic mass is 10.2. The Morgan fingerprint density at radius 2 is 2.27 bits per heavy atom. The largest absolute Gasteiger partial charge is 0.343 e. The second-order valence-electron chi connectivity index (χ2n) is 2.12. The number of hydrogen-bond donors (Lipinski definition) is 0. The molecule has 2 aromatic rings. The van der Waals surface area contributed by atoms with Gasteiger partial charge in [0.25, 0.3) is 0 Å². The van der Waals surface area contributed by atoms with Crippen LogP contribution in [0, 0.1) is 5.82 Å². The van der Waals surface area contributed by atoms with Crippen LogP contribution < -0.4 is 0 Å². The molecule has 0 saturated carbocycles. The van der Waals surface area contributed by atoms with E-state index in [4.69, 9.17) is 11.6 Å². The van der Waals surface area contributed by atoms with Gasteiger partial charge in [-0.2, -0.15) is 0 Å². The molecule has 0 spiro atoms. The summed E-state index contributed by atoms with van der Waals surface area (Å²) in [6, 6.07) is 4.11. The Morgan fingerprint density at radius 3 is 3.09 bits per heavy atom. The molecular weight excluding hydrogens is 169 g/mol. The van der Waals surface area contributed by atoms with Crippen LogP contribution in [0.3, 0.4) is 0 Å². The highest BCUT2D eigenvalue weighted by molar-refractivity contribution is 6.33. The molecule has 2 rings (SSSR count). The molecule has 1 heterocycles. The topological polar surface area (TPSA) is 26.0 Å². The molecule has 0 N–H and O–H groups in total. The van der Waals surface area contributed by atoms with Crippen molar-refractivity contribution in [3.05, 3.63) is 29.2 Å². The SMILES string of the molecule is Fc1ccc2c(Cl)onc2c1. The van der Waals surface area contributed by atoms with Gasteiger partial charge < -0.3 is 4.52 Å². The molecule has 0 unspecified atom stereocenters. The van der Waals surface area contributed by atoms with Crippen molar-refractivity contribution in [1.82, 2.24) is 5.16 Å². The summed E-state index contributed by atoms with van der Waals surface area (Å²) in [5.41, 5.74) is 0.440. The van der Waals surface area contributed by atoms with Gasteiger partial charge in [-0.1, -0.05) is 5.16 Å². The fraction of sp³-hybridized carbons (Fsp3) is 0. The summed E-state index contributed by atoms with van der Waals surface area (Å²) >= 11 is 5.57. The normalized spacial score (nSPS) is 10.7. The Kier molecular flexibility index (Phi) is 1.32. The molecular formula is C7H3ClFNO. The van der Waals surface area contributed by atoms with Crippen LogP contribution in [0.2, 0.25) is 5.22 Å². The van der Waals surface area contributed by atoms with E-state index >= 15 is 0 Å². The van der Waals surface area contributed by atoms with E-state index in [1.165, 1.54) is 18.2 Å². The summed E-state index contributed by atoms with van der Waals surface area (Å²) < 4.78 is 17.1. The molecule has 0 aliphatic rings. The van der Waals surface area contributed by atoms with Gasteiger partial charge in [-0.05, 0) is 23.7 Å². The van der Waals surface area contributed by atoms with E-state index in [0.29, 0.717) is 10.9 Å². The van der Waals surface area contributed by atoms with E-state index in [0.717, 1.165) is 0 Å². The Labute approximate surface area is 66.5 Å². The van der Waals surface area contributed by atoms with Crippen LogP contribution >= 0.6 is 11.6 Å². The lowest BCUT2D eigenvalue weighted by Crippen LogP contribution is -1.71. The van der Waals surface area contributed by atoms with Crippen molar-refractivity contribution >= 4 is 22.5 Å². The molecule has 0 bridgehead atoms. The predicted octanol–water partition coefficient (Wildman–Crippen LogP) is 2.62. The van der Waals surface area contributed by atoms with E-state index in [9.17, 15) is 4.39 Å². The van der Waals surface area contributed by atoms with Gasteiger partial charge >= 0.3 is 0 Å². The van der Waals surface area contributed by atoms with Crippen molar-refractivity contribution in [2.75, 3.05) is 0 Å². The molecule has 0 aliphatic heterocycles. The molecule has 1 aromatic heterocycles. The first-order chi connectivity index (χ1) is 5.27. The molecule has 56 valence electrons. The molecule has 0 saturated heterocycles. The third-order valence-electron chi connectivity index (χ3n) is 1.40. The van der Waals surface area contributed by atoms with Gasteiger partial charge in [0.2, 0.25) is 5.22 Å². The van der Waals surface area contributed by atoms with Crippen molar-refractivity contribution in [2.45, 2.75) is 0 Å². The van der Waals surface area contributed by atoms with Gasteiger partial charge in [-0.3, -0.25) is 0 Å². The van der Waals surface area contributed by atoms with Gasteiger partial charge in [0.15, 0.2) is 0 Å². The summed E-state index contributed by atoms with van der Waals surface area (Å²) in [7, 11) is 0. The second-order valence-corrected chi connectivity index (χ2v) is 2.46. The molecule has 0 amide bonds. The van der Waals surface area contributed by atoms with Crippen LogP contribution in [-0.2, 0) is 0 Å². The standard InChI is InChI=1S/C7H3ClFNO/c8-7-5-2-1-4(9)3-6(5)10-11-7/h1-3H. The van der Waals surface area contributed by atoms with Crippen molar-refractivity contribution in [3.63, 3.8) is 0 Å². The number of rotatable bonds is 0. The van der Waals surface area contributed by atoms with E-state index < -0.39 is 0 Å². The molecule has 2 nitrogen and oxygen atoms in total. The zero-order valence-electron chi connectivity index (χ0n) is 5.34. The third kappa shape index (κ3) is 0.973. The van der Waals surface area contributed by atoms with Crippen LogP contribution in [0.4, 0.5) is 4.39 Å². The van der Waals surface area contributed by atoms with Gasteiger partial charge in [0.05, 0.1) is 5.39 Å². The summed E-state index contributed by atoms with van der Waals surface area (Å²) in [6.07, 6.45) is 0. The molecule has 1 aromatic carbocycles. The minimum absolute atomic E-state index is 0.194. The highest BCUT2D eigenvalue weighted by Gasteiger charge is 2.04. The van der Waals surface area contributed by atoms with Crippen LogP contribution in [0.1, 0.15) is 0 Å². The smallest absolute Gasteiger partial charge is 0.233 e. The average molecular weight is 172 g/mol. The van der Waals surface area contributed by atoms with Gasteiger partial charge in [-0.15, -0.1) is 0 Å². The second kappa shape index (κ2) is 2.20. The zero-order valence-corrected chi connectivity index (χ0v) is 6.10. The zero-order chi connectivity index (χ0) is 7.84. The quantitative estimate of drug-likeness (QED) is 0.609. The maximum atomic E-state index is 12.5. The summed E-state index contributed by atoms with van der Waals surface area (Å²) in [4.78, 5) is 0. The van der Waals surface area contributed by atoms with Crippen molar-refractivity contribution in [2.24, 2.45) is 0 Å². The molecule has 0 aliphatic carbocycles. The summed E-state index contributed by atoms with van der Waals surface area (Å²) in [5.74, 6) is -0.345. The molecule has 0 radical (unpaired) electrons. The Morgan fingerprint density at radius 1 is 1.45 bits per heavy atom. The van der Waals surface area contributed by atoms with Crippen LogP contribution in [0.15, 0.2) is 22.7 Å². The lowest BCUT2D eigenvalue weighted by molar-refractivity contribution is 0.430. The van der Waals surface area contributed by atoms with E-state index in [1.54, 1.807) is 0 Å². The average Bonchev–Trinajstić information content (AvgIpc) is 2.32. The fourth-order valence-electron chi connectivity index (χ4n) is 0.885. The number of fused-ring (bicyclic) bond motifs is 1. The molecule has 11 heavy (non-hydrogen) atoms. The lowest BCUT2D eigenvalue weighted by Gasteiger charge is -1.85. The number of nitrogens with zero attached hydrogens (tertiary/aromatic N) is 1. The molecule has 4 heteroatoms. The first kappa shape index (κ1) is 6.61. The minimum atomic E-state index is -0.345. The molecule has 0 fully saturated rings. The number of aromatic nitrogens is 1. The maximum absolute atomic E-state index is 12.5. The van der Waals surface area contributed by atoms with Crippen molar-refractivity contribution < 1.29 is 8.91 Å². The van der Waals surface area contributed by atoms with Gasteiger partial charge in [0.1, 0.15) is 11.3 Å².